The van der Waals surface area contributed by atoms with E-state index in [1.807, 2.05) is 63.4 Å². The Morgan fingerprint density at radius 2 is 1.84 bits per heavy atom. The van der Waals surface area contributed by atoms with Crippen molar-refractivity contribution in [2.24, 2.45) is 0 Å². The fourth-order valence-electron chi connectivity index (χ4n) is 2.80. The van der Waals surface area contributed by atoms with Gasteiger partial charge in [0.05, 0.1) is 5.69 Å². The van der Waals surface area contributed by atoms with Crippen molar-refractivity contribution in [3.63, 3.8) is 0 Å². The van der Waals surface area contributed by atoms with E-state index in [9.17, 15) is 0 Å². The third-order valence-corrected chi connectivity index (χ3v) is 4.25. The molecule has 0 saturated carbocycles. The van der Waals surface area contributed by atoms with Crippen LogP contribution in [0.1, 0.15) is 17.0 Å². The number of nitrogens with zero attached hydrogens (tertiary/aromatic N) is 6. The van der Waals surface area contributed by atoms with Gasteiger partial charge in [0.25, 0.3) is 0 Å². The molecule has 0 aliphatic rings. The number of benzene rings is 1. The molecule has 0 spiro atoms. The predicted octanol–water partition coefficient (Wildman–Crippen LogP) is 3.03. The van der Waals surface area contributed by atoms with Crippen LogP contribution in [0, 0.1) is 13.8 Å². The zero-order chi connectivity index (χ0) is 17.4. The van der Waals surface area contributed by atoms with Gasteiger partial charge >= 0.3 is 0 Å². The number of fused-ring (bicyclic) bond motifs is 1. The van der Waals surface area contributed by atoms with E-state index < -0.39 is 0 Å². The molecule has 0 aliphatic heterocycles. The molecule has 3 heterocycles. The van der Waals surface area contributed by atoms with E-state index in [2.05, 4.69) is 20.3 Å². The summed E-state index contributed by atoms with van der Waals surface area (Å²) in [5, 5.41) is 17.2. The normalized spacial score (nSPS) is 11.2. The van der Waals surface area contributed by atoms with E-state index >= 15 is 0 Å². The highest BCUT2D eigenvalue weighted by atomic mass is 16.5. The molecule has 0 radical (unpaired) electrons. The van der Waals surface area contributed by atoms with Crippen molar-refractivity contribution in [1.82, 2.24) is 25.0 Å². The summed E-state index contributed by atoms with van der Waals surface area (Å²) in [5.41, 5.74) is 3.68. The first kappa shape index (κ1) is 15.3. The first-order chi connectivity index (χ1) is 12.1. The fourth-order valence-corrected chi connectivity index (χ4v) is 2.80. The number of aryl methyl sites for hydroxylation is 2. The minimum absolute atomic E-state index is 0.669. The van der Waals surface area contributed by atoms with Gasteiger partial charge in [0.2, 0.25) is 0 Å². The summed E-state index contributed by atoms with van der Waals surface area (Å²) in [4.78, 5) is 2.06. The topological polar surface area (TPSA) is 72.4 Å². The van der Waals surface area contributed by atoms with Crippen molar-refractivity contribution in [2.75, 3.05) is 11.9 Å². The molecule has 0 aliphatic carbocycles. The summed E-state index contributed by atoms with van der Waals surface area (Å²) in [7, 11) is 1.99. The Kier molecular flexibility index (Phi) is 3.68. The van der Waals surface area contributed by atoms with Crippen molar-refractivity contribution in [1.29, 1.82) is 0 Å². The van der Waals surface area contributed by atoms with Gasteiger partial charge in [-0.3, -0.25) is 0 Å². The maximum Gasteiger partial charge on any atom is 0.185 e. The predicted molar refractivity (Wildman–Crippen MR) is 94.3 cm³/mol. The highest BCUT2D eigenvalue weighted by Gasteiger charge is 2.15. The zero-order valence-corrected chi connectivity index (χ0v) is 14.3. The molecule has 126 valence electrons. The summed E-state index contributed by atoms with van der Waals surface area (Å²) in [5.74, 6) is 2.38. The second-order valence-corrected chi connectivity index (χ2v) is 6.01. The minimum Gasteiger partial charge on any atom is -0.361 e. The van der Waals surface area contributed by atoms with Gasteiger partial charge in [0.15, 0.2) is 11.5 Å². The molecule has 1 aromatic carbocycles. The fraction of sp³-hybridized carbons (Fsp3) is 0.222. The maximum atomic E-state index is 5.24. The van der Waals surface area contributed by atoms with Crippen LogP contribution in [0.15, 0.2) is 47.0 Å². The lowest BCUT2D eigenvalue weighted by Gasteiger charge is -2.17. The summed E-state index contributed by atoms with van der Waals surface area (Å²) in [6, 6.07) is 13.8. The van der Waals surface area contributed by atoms with E-state index in [0.717, 1.165) is 34.2 Å². The van der Waals surface area contributed by atoms with Crippen LogP contribution in [0.2, 0.25) is 0 Å². The third-order valence-electron chi connectivity index (χ3n) is 4.25. The molecule has 0 atom stereocenters. The maximum absolute atomic E-state index is 5.24. The molecule has 0 fully saturated rings. The van der Waals surface area contributed by atoms with Crippen LogP contribution in [0.3, 0.4) is 0 Å². The first-order valence-electron chi connectivity index (χ1n) is 8.04. The SMILES string of the molecule is Cc1noc(C)c1CN(C)c1ccc2nnc(-c3ccccc3)n2n1. The van der Waals surface area contributed by atoms with Crippen molar-refractivity contribution in [3.05, 3.63) is 59.5 Å². The second-order valence-electron chi connectivity index (χ2n) is 6.01. The van der Waals surface area contributed by atoms with Gasteiger partial charge in [-0.2, -0.15) is 4.52 Å². The smallest absolute Gasteiger partial charge is 0.185 e. The highest BCUT2D eigenvalue weighted by Crippen LogP contribution is 2.21. The van der Waals surface area contributed by atoms with Crippen LogP contribution in [0.5, 0.6) is 0 Å². The Bertz CT molecular complexity index is 1000. The molecular weight excluding hydrogens is 316 g/mol. The Balaban J connectivity index is 1.71. The van der Waals surface area contributed by atoms with E-state index in [0.29, 0.717) is 12.2 Å². The van der Waals surface area contributed by atoms with E-state index in [1.54, 1.807) is 4.52 Å². The Hall–Kier alpha value is -3.22. The molecule has 7 nitrogen and oxygen atoms in total. The Morgan fingerprint density at radius 1 is 1.04 bits per heavy atom. The van der Waals surface area contributed by atoms with Crippen molar-refractivity contribution in [2.45, 2.75) is 20.4 Å². The van der Waals surface area contributed by atoms with Crippen molar-refractivity contribution in [3.8, 4) is 11.4 Å². The molecule has 0 bridgehead atoms. The van der Waals surface area contributed by atoms with Gasteiger partial charge in [0.1, 0.15) is 11.6 Å². The van der Waals surface area contributed by atoms with E-state index in [4.69, 9.17) is 9.62 Å². The molecule has 3 aromatic heterocycles. The second kappa shape index (κ2) is 6.01. The van der Waals surface area contributed by atoms with Crippen molar-refractivity contribution >= 4 is 11.5 Å². The van der Waals surface area contributed by atoms with Gasteiger partial charge < -0.3 is 9.42 Å². The molecule has 0 amide bonds. The lowest BCUT2D eigenvalue weighted by atomic mass is 10.2. The molecule has 0 unspecified atom stereocenters. The van der Waals surface area contributed by atoms with Gasteiger partial charge in [-0.15, -0.1) is 15.3 Å². The van der Waals surface area contributed by atoms with Crippen LogP contribution in [0.4, 0.5) is 5.82 Å². The molecule has 4 aromatic rings. The Labute approximate surface area is 144 Å². The third kappa shape index (κ3) is 2.73. The van der Waals surface area contributed by atoms with Crippen LogP contribution in [-0.2, 0) is 6.54 Å². The quantitative estimate of drug-likeness (QED) is 0.571. The number of anilines is 1. The highest BCUT2D eigenvalue weighted by molar-refractivity contribution is 5.59. The van der Waals surface area contributed by atoms with Gasteiger partial charge in [-0.25, -0.2) is 0 Å². The molecule has 0 saturated heterocycles. The number of hydrogen-bond donors (Lipinski definition) is 0. The number of rotatable bonds is 4. The van der Waals surface area contributed by atoms with Gasteiger partial charge in [-0.1, -0.05) is 35.5 Å². The monoisotopic (exact) mass is 334 g/mol. The van der Waals surface area contributed by atoms with Crippen LogP contribution in [-0.4, -0.2) is 32.0 Å². The lowest BCUT2D eigenvalue weighted by Crippen LogP contribution is -2.19. The van der Waals surface area contributed by atoms with Crippen LogP contribution >= 0.6 is 0 Å². The molecule has 7 heteroatoms. The summed E-state index contributed by atoms with van der Waals surface area (Å²) < 4.78 is 7.02. The number of hydrogen-bond acceptors (Lipinski definition) is 6. The average Bonchev–Trinajstić information content (AvgIpc) is 3.20. The van der Waals surface area contributed by atoms with Crippen LogP contribution in [0.25, 0.3) is 17.0 Å². The van der Waals surface area contributed by atoms with Crippen LogP contribution < -0.4 is 4.90 Å². The van der Waals surface area contributed by atoms with E-state index in [-0.39, 0.29) is 0 Å². The summed E-state index contributed by atoms with van der Waals surface area (Å²) in [6.07, 6.45) is 0. The molecule has 25 heavy (non-hydrogen) atoms. The summed E-state index contributed by atoms with van der Waals surface area (Å²) >= 11 is 0. The lowest BCUT2D eigenvalue weighted by molar-refractivity contribution is 0.392. The largest absolute Gasteiger partial charge is 0.361 e. The average molecular weight is 334 g/mol. The Morgan fingerprint density at radius 3 is 2.56 bits per heavy atom. The zero-order valence-electron chi connectivity index (χ0n) is 14.3. The first-order valence-corrected chi connectivity index (χ1v) is 8.04. The van der Waals surface area contributed by atoms with E-state index in [1.165, 1.54) is 0 Å². The van der Waals surface area contributed by atoms with Crippen molar-refractivity contribution < 1.29 is 4.52 Å². The molecule has 4 rings (SSSR count). The standard InChI is InChI=1S/C18H18N6O/c1-12-15(13(2)25-22-12)11-23(3)17-10-9-16-19-20-18(24(16)21-17)14-7-5-4-6-8-14/h4-10H,11H2,1-3H3. The number of aromatic nitrogens is 5. The molecule has 0 N–H and O–H groups in total. The molecular formula is C18H18N6O. The van der Waals surface area contributed by atoms with Gasteiger partial charge in [-0.05, 0) is 26.0 Å². The van der Waals surface area contributed by atoms with Gasteiger partial charge in [0, 0.05) is 24.7 Å². The minimum atomic E-state index is 0.669. The summed E-state index contributed by atoms with van der Waals surface area (Å²) in [6.45, 7) is 4.54.